The van der Waals surface area contributed by atoms with E-state index in [4.69, 9.17) is 16.7 Å². The molecule has 1 amide bonds. The number of carboxylic acid groups (broad SMARTS) is 1. The number of rotatable bonds is 4. The molecule has 0 saturated carbocycles. The van der Waals surface area contributed by atoms with Crippen LogP contribution in [0.5, 0.6) is 5.75 Å². The third-order valence-corrected chi connectivity index (χ3v) is 3.69. The molecule has 0 unspecified atom stereocenters. The summed E-state index contributed by atoms with van der Waals surface area (Å²) in [5, 5.41) is 21.9. The number of hydrogen-bond donors (Lipinski definition) is 3. The lowest BCUT2D eigenvalue weighted by atomic mass is 10.1. The summed E-state index contributed by atoms with van der Waals surface area (Å²) < 4.78 is 0. The average Bonchev–Trinajstić information content (AvgIpc) is 2.59. The molecule has 0 radical (unpaired) electrons. The summed E-state index contributed by atoms with van der Waals surface area (Å²) in [4.78, 5) is 30.7. The van der Waals surface area contributed by atoms with Crippen LogP contribution in [0.2, 0.25) is 5.02 Å². The molecule has 7 nitrogen and oxygen atoms in total. The van der Waals surface area contributed by atoms with Crippen molar-refractivity contribution in [1.82, 2.24) is 15.3 Å². The maximum Gasteiger partial charge on any atom is 0.322 e. The molecule has 126 valence electrons. The molecule has 0 aliphatic heterocycles. The molecule has 25 heavy (non-hydrogen) atoms. The van der Waals surface area contributed by atoms with E-state index in [1.54, 1.807) is 30.3 Å². The number of fused-ring (bicyclic) bond motifs is 1. The quantitative estimate of drug-likeness (QED) is 0.661. The van der Waals surface area contributed by atoms with E-state index in [9.17, 15) is 14.7 Å². The van der Waals surface area contributed by atoms with Crippen molar-refractivity contribution in [2.75, 3.05) is 6.54 Å². The number of halogens is 1. The highest BCUT2D eigenvalue weighted by Gasteiger charge is 2.17. The van der Waals surface area contributed by atoms with Crippen LogP contribution in [0.3, 0.4) is 0 Å². The number of pyridine rings is 2. The van der Waals surface area contributed by atoms with Crippen molar-refractivity contribution < 1.29 is 19.8 Å². The van der Waals surface area contributed by atoms with Crippen molar-refractivity contribution >= 4 is 34.4 Å². The number of benzene rings is 1. The number of hydrogen-bond acceptors (Lipinski definition) is 5. The number of aliphatic carboxylic acids is 1. The van der Waals surface area contributed by atoms with Crippen LogP contribution >= 0.6 is 11.6 Å². The molecule has 0 bridgehead atoms. The normalized spacial score (nSPS) is 10.6. The number of aromatic nitrogens is 2. The number of aromatic hydroxyl groups is 1. The fourth-order valence-electron chi connectivity index (χ4n) is 2.30. The van der Waals surface area contributed by atoms with E-state index in [1.165, 1.54) is 6.20 Å². The zero-order chi connectivity index (χ0) is 18.0. The van der Waals surface area contributed by atoms with Gasteiger partial charge in [-0.1, -0.05) is 23.7 Å². The Balaban J connectivity index is 1.99. The van der Waals surface area contributed by atoms with E-state index in [0.29, 0.717) is 21.6 Å². The monoisotopic (exact) mass is 357 g/mol. The largest absolute Gasteiger partial charge is 0.505 e. The molecule has 2 aromatic heterocycles. The zero-order valence-electron chi connectivity index (χ0n) is 12.7. The molecule has 3 rings (SSSR count). The van der Waals surface area contributed by atoms with Crippen LogP contribution in [0.1, 0.15) is 10.5 Å². The van der Waals surface area contributed by atoms with Gasteiger partial charge in [-0.15, -0.1) is 0 Å². The van der Waals surface area contributed by atoms with Gasteiger partial charge in [-0.2, -0.15) is 0 Å². The fourth-order valence-corrected chi connectivity index (χ4v) is 2.49. The highest BCUT2D eigenvalue weighted by atomic mass is 35.5. The zero-order valence-corrected chi connectivity index (χ0v) is 13.5. The van der Waals surface area contributed by atoms with E-state index in [-0.39, 0.29) is 11.4 Å². The minimum absolute atomic E-state index is 0.258. The molecule has 8 heteroatoms. The number of carbonyl (C=O) groups is 2. The molecule has 0 saturated heterocycles. The molecule has 2 heterocycles. The summed E-state index contributed by atoms with van der Waals surface area (Å²) in [5.74, 6) is -2.33. The summed E-state index contributed by atoms with van der Waals surface area (Å²) in [5.41, 5.74) is 1.58. The summed E-state index contributed by atoms with van der Waals surface area (Å²) >= 11 is 5.98. The molecule has 0 fully saturated rings. The molecule has 3 aromatic rings. The third-order valence-electron chi connectivity index (χ3n) is 3.46. The topological polar surface area (TPSA) is 112 Å². The van der Waals surface area contributed by atoms with Crippen LogP contribution in [0.15, 0.2) is 42.6 Å². The second-order valence-corrected chi connectivity index (χ2v) is 5.61. The minimum Gasteiger partial charge on any atom is -0.505 e. The Morgan fingerprint density at radius 2 is 2.00 bits per heavy atom. The molecule has 1 aromatic carbocycles. The highest BCUT2D eigenvalue weighted by Crippen LogP contribution is 2.29. The molecule has 0 aliphatic carbocycles. The summed E-state index contributed by atoms with van der Waals surface area (Å²) in [7, 11) is 0. The minimum atomic E-state index is -1.19. The SMILES string of the molecule is O=C(O)CNC(=O)c1ncc2nc(-c3cccc(Cl)c3)ccc2c1O. The van der Waals surface area contributed by atoms with E-state index in [2.05, 4.69) is 15.3 Å². The lowest BCUT2D eigenvalue weighted by Gasteiger charge is -2.08. The van der Waals surface area contributed by atoms with Gasteiger partial charge in [-0.05, 0) is 24.3 Å². The number of amides is 1. The Morgan fingerprint density at radius 1 is 1.20 bits per heavy atom. The summed E-state index contributed by atoms with van der Waals surface area (Å²) in [6.07, 6.45) is 1.35. The lowest BCUT2D eigenvalue weighted by molar-refractivity contribution is -0.135. The third kappa shape index (κ3) is 3.51. The van der Waals surface area contributed by atoms with Crippen LogP contribution < -0.4 is 5.32 Å². The van der Waals surface area contributed by atoms with Gasteiger partial charge in [0.2, 0.25) is 0 Å². The van der Waals surface area contributed by atoms with Crippen LogP contribution in [0, 0.1) is 0 Å². The molecule has 0 spiro atoms. The van der Waals surface area contributed by atoms with Crippen LogP contribution in [0.25, 0.3) is 22.2 Å². The van der Waals surface area contributed by atoms with Crippen LogP contribution in [-0.4, -0.2) is 38.6 Å². The number of nitrogens with one attached hydrogen (secondary N) is 1. The number of nitrogens with zero attached hydrogens (tertiary/aromatic N) is 2. The second-order valence-electron chi connectivity index (χ2n) is 5.17. The van der Waals surface area contributed by atoms with Crippen molar-refractivity contribution in [2.24, 2.45) is 0 Å². The van der Waals surface area contributed by atoms with Gasteiger partial charge in [-0.3, -0.25) is 9.59 Å². The first kappa shape index (κ1) is 16.7. The smallest absolute Gasteiger partial charge is 0.322 e. The van der Waals surface area contributed by atoms with E-state index < -0.39 is 18.4 Å². The Bertz CT molecular complexity index is 991. The first-order valence-corrected chi connectivity index (χ1v) is 7.58. The Hall–Kier alpha value is -3.19. The molecule has 3 N–H and O–H groups in total. The fraction of sp³-hybridized carbons (Fsp3) is 0.0588. The van der Waals surface area contributed by atoms with Gasteiger partial charge in [-0.25, -0.2) is 9.97 Å². The van der Waals surface area contributed by atoms with Gasteiger partial charge in [0.25, 0.3) is 5.91 Å². The van der Waals surface area contributed by atoms with Gasteiger partial charge in [0, 0.05) is 16.0 Å². The number of carboxylic acids is 1. The number of carbonyl (C=O) groups excluding carboxylic acids is 1. The molecular weight excluding hydrogens is 346 g/mol. The van der Waals surface area contributed by atoms with Crippen molar-refractivity contribution in [3.05, 3.63) is 53.3 Å². The summed E-state index contributed by atoms with van der Waals surface area (Å²) in [6, 6.07) is 10.5. The van der Waals surface area contributed by atoms with E-state index >= 15 is 0 Å². The molecule has 0 atom stereocenters. The first-order chi connectivity index (χ1) is 12.0. The standard InChI is InChI=1S/C17H12ClN3O4/c18-10-3-1-2-9(6-10)12-5-4-11-13(21-12)7-19-15(16(11)24)17(25)20-8-14(22)23/h1-7,24H,8H2,(H,20,25)(H,22,23). The van der Waals surface area contributed by atoms with Crippen LogP contribution in [-0.2, 0) is 4.79 Å². The maximum absolute atomic E-state index is 11.9. The maximum atomic E-state index is 11.9. The Labute approximate surface area is 146 Å². The van der Waals surface area contributed by atoms with Gasteiger partial charge in [0.15, 0.2) is 11.4 Å². The van der Waals surface area contributed by atoms with E-state index in [1.807, 2.05) is 6.07 Å². The average molecular weight is 358 g/mol. The first-order valence-electron chi connectivity index (χ1n) is 7.20. The second kappa shape index (κ2) is 6.74. The van der Waals surface area contributed by atoms with Crippen LogP contribution in [0.4, 0.5) is 0 Å². The molecular formula is C17H12ClN3O4. The Morgan fingerprint density at radius 3 is 2.72 bits per heavy atom. The van der Waals surface area contributed by atoms with Crippen molar-refractivity contribution in [3.63, 3.8) is 0 Å². The lowest BCUT2D eigenvalue weighted by Crippen LogP contribution is -2.29. The Kier molecular flexibility index (Phi) is 4.49. The van der Waals surface area contributed by atoms with E-state index in [0.717, 1.165) is 5.56 Å². The van der Waals surface area contributed by atoms with Gasteiger partial charge in [0.1, 0.15) is 6.54 Å². The predicted molar refractivity (Wildman–Crippen MR) is 91.6 cm³/mol. The van der Waals surface area contributed by atoms with Crippen molar-refractivity contribution in [1.29, 1.82) is 0 Å². The van der Waals surface area contributed by atoms with Gasteiger partial charge < -0.3 is 15.5 Å². The highest BCUT2D eigenvalue weighted by molar-refractivity contribution is 6.30. The van der Waals surface area contributed by atoms with Gasteiger partial charge >= 0.3 is 5.97 Å². The summed E-state index contributed by atoms with van der Waals surface area (Å²) in [6.45, 7) is -0.566. The molecule has 0 aliphatic rings. The van der Waals surface area contributed by atoms with Gasteiger partial charge in [0.05, 0.1) is 17.4 Å². The van der Waals surface area contributed by atoms with Crippen molar-refractivity contribution in [3.8, 4) is 17.0 Å². The predicted octanol–water partition coefficient (Wildman–Crippen LogP) is 2.47. The van der Waals surface area contributed by atoms with Crippen molar-refractivity contribution in [2.45, 2.75) is 0 Å².